The quantitative estimate of drug-likeness (QED) is 0.326. The third-order valence-corrected chi connectivity index (χ3v) is 13.5. The van der Waals surface area contributed by atoms with Gasteiger partial charge in [-0.1, -0.05) is 12.1 Å². The molecule has 2 N–H and O–H groups in total. The highest BCUT2D eigenvalue weighted by atomic mass is 16.5. The summed E-state index contributed by atoms with van der Waals surface area (Å²) in [4.78, 5) is 71.5. The molecule has 2 aliphatic carbocycles. The Bertz CT molecular complexity index is 2120. The van der Waals surface area contributed by atoms with E-state index in [1.54, 1.807) is 18.2 Å². The Morgan fingerprint density at radius 1 is 0.873 bits per heavy atom. The zero-order chi connectivity index (χ0) is 37.6. The highest BCUT2D eigenvalue weighted by Crippen LogP contribution is 2.47. The second kappa shape index (κ2) is 13.1. The summed E-state index contributed by atoms with van der Waals surface area (Å²) >= 11 is 0. The number of nitrogens with zero attached hydrogens (tertiary/aromatic N) is 5. The van der Waals surface area contributed by atoms with E-state index in [0.717, 1.165) is 92.6 Å². The number of benzene rings is 2. The maximum Gasteiger partial charge on any atom is 0.259 e. The van der Waals surface area contributed by atoms with E-state index in [4.69, 9.17) is 9.84 Å². The molecule has 13 nitrogen and oxygen atoms in total. The molecule has 55 heavy (non-hydrogen) atoms. The van der Waals surface area contributed by atoms with Crippen LogP contribution in [0, 0.1) is 5.92 Å². The van der Waals surface area contributed by atoms with Gasteiger partial charge in [-0.25, -0.2) is 0 Å². The third kappa shape index (κ3) is 5.63. The van der Waals surface area contributed by atoms with Crippen LogP contribution >= 0.6 is 0 Å². The molecular weight excluding hydrogens is 699 g/mol. The molecule has 2 aromatic carbocycles. The first kappa shape index (κ1) is 34.6. The topological polar surface area (TPSA) is 146 Å². The van der Waals surface area contributed by atoms with Gasteiger partial charge in [0.15, 0.2) is 0 Å². The van der Waals surface area contributed by atoms with E-state index in [0.29, 0.717) is 18.7 Å². The summed E-state index contributed by atoms with van der Waals surface area (Å²) in [5.74, 6) is -0.396. The number of rotatable bonds is 8. The van der Waals surface area contributed by atoms with E-state index < -0.39 is 23.3 Å². The average molecular weight is 746 g/mol. The van der Waals surface area contributed by atoms with Gasteiger partial charge in [-0.3, -0.25) is 49.1 Å². The number of aromatic nitrogens is 2. The van der Waals surface area contributed by atoms with E-state index in [-0.39, 0.29) is 65.9 Å². The summed E-state index contributed by atoms with van der Waals surface area (Å²) in [7, 11) is 0. The fraction of sp³-hybridized carbons (Fsp3) is 0.524. The van der Waals surface area contributed by atoms with E-state index >= 15 is 0 Å². The molecule has 6 heterocycles. The summed E-state index contributed by atoms with van der Waals surface area (Å²) < 4.78 is 8.87. The Morgan fingerprint density at radius 2 is 1.67 bits per heavy atom. The lowest BCUT2D eigenvalue weighted by Gasteiger charge is -2.56. The molecule has 5 aliphatic heterocycles. The predicted octanol–water partition coefficient (Wildman–Crippen LogP) is 4.10. The molecule has 3 aromatic rings. The number of nitrogens with one attached hydrogen (secondary N) is 2. The number of fused-ring (bicyclic) bond motifs is 2. The number of likely N-dealkylation sites (tertiary alicyclic amines) is 2. The number of carbonyl (C=O) groups is 5. The molecule has 13 heteroatoms. The van der Waals surface area contributed by atoms with E-state index in [2.05, 4.69) is 50.4 Å². The van der Waals surface area contributed by atoms with Crippen LogP contribution in [-0.4, -0.2) is 93.5 Å². The Kier molecular flexibility index (Phi) is 8.25. The SMILES string of the molecule is C[C@H]1CCc2c(ccc(-c3cnn(C4CCN(C5CN(C6(c7cccc8c7C(=O)NC8=O)CCC(=O)NC6=O)C5)CC4)c3)c2OC2CCC2)N1C(=O)C1CC1. The number of hydrogen-bond donors (Lipinski definition) is 2. The van der Waals surface area contributed by atoms with Gasteiger partial charge in [0, 0.05) is 73.5 Å². The number of carbonyl (C=O) groups excluding carboxylic acids is 5. The lowest BCUT2D eigenvalue weighted by Crippen LogP contribution is -2.71. The number of hydrogen-bond acceptors (Lipinski definition) is 9. The highest BCUT2D eigenvalue weighted by Gasteiger charge is 2.56. The van der Waals surface area contributed by atoms with Crippen molar-refractivity contribution in [3.63, 3.8) is 0 Å². The van der Waals surface area contributed by atoms with Gasteiger partial charge < -0.3 is 9.64 Å². The van der Waals surface area contributed by atoms with Crippen LogP contribution in [0.2, 0.25) is 0 Å². The standard InChI is InChI=1S/C42H47N7O6/c1-24-8-11-31-34(49(24)40(53)25-9-10-25)13-12-30(37(31)55-29-4-2-5-29)26-20-43-48(21-26)27-15-18-46(19-16-27)28-22-47(23-28)42(17-14-35(50)44-41(42)54)33-7-3-6-32-36(33)39(52)45-38(32)51/h3,6-7,12-13,20-21,24-25,27-29H,2,4-5,8-11,14-19,22-23H2,1H3,(H,44,50,54)(H,45,51,52)/t24-,42?/m0/s1. The molecule has 5 fully saturated rings. The molecule has 0 bridgehead atoms. The van der Waals surface area contributed by atoms with Gasteiger partial charge in [-0.05, 0) is 94.9 Å². The summed E-state index contributed by atoms with van der Waals surface area (Å²) in [5, 5.41) is 9.79. The Hall–Kier alpha value is -4.88. The normalized spacial score (nSPS) is 26.6. The molecule has 10 rings (SSSR count). The zero-order valence-electron chi connectivity index (χ0n) is 31.2. The highest BCUT2D eigenvalue weighted by molar-refractivity contribution is 6.23. The van der Waals surface area contributed by atoms with Crippen molar-refractivity contribution in [1.82, 2.24) is 30.2 Å². The number of anilines is 1. The van der Waals surface area contributed by atoms with Crippen LogP contribution in [0.5, 0.6) is 5.75 Å². The van der Waals surface area contributed by atoms with Gasteiger partial charge in [0.1, 0.15) is 11.3 Å². The van der Waals surface area contributed by atoms with Crippen molar-refractivity contribution in [2.75, 3.05) is 31.1 Å². The van der Waals surface area contributed by atoms with Crippen molar-refractivity contribution < 1.29 is 28.7 Å². The van der Waals surface area contributed by atoms with Crippen LogP contribution in [0.15, 0.2) is 42.7 Å². The van der Waals surface area contributed by atoms with Gasteiger partial charge >= 0.3 is 0 Å². The summed E-state index contributed by atoms with van der Waals surface area (Å²) in [6.45, 7) is 5.15. The second-order valence-corrected chi connectivity index (χ2v) is 16.8. The summed E-state index contributed by atoms with van der Waals surface area (Å²) in [5.41, 5.74) is 4.03. The van der Waals surface area contributed by atoms with Crippen molar-refractivity contribution >= 4 is 35.2 Å². The minimum Gasteiger partial charge on any atom is -0.489 e. The average Bonchev–Trinajstić information content (AvgIpc) is 3.81. The van der Waals surface area contributed by atoms with Crippen LogP contribution in [0.4, 0.5) is 5.69 Å². The molecule has 286 valence electrons. The zero-order valence-corrected chi connectivity index (χ0v) is 31.2. The van der Waals surface area contributed by atoms with Crippen molar-refractivity contribution in [2.45, 2.75) is 107 Å². The molecule has 1 unspecified atom stereocenters. The van der Waals surface area contributed by atoms with E-state index in [9.17, 15) is 24.0 Å². The van der Waals surface area contributed by atoms with Crippen LogP contribution in [0.25, 0.3) is 11.1 Å². The minimum absolute atomic E-state index is 0.154. The Balaban J connectivity index is 0.844. The molecule has 0 spiro atoms. The Morgan fingerprint density at radius 3 is 2.40 bits per heavy atom. The van der Waals surface area contributed by atoms with Crippen LogP contribution in [0.3, 0.4) is 0 Å². The first-order valence-corrected chi connectivity index (χ1v) is 20.2. The number of ether oxygens (including phenoxy) is 1. The predicted molar refractivity (Wildman–Crippen MR) is 201 cm³/mol. The molecule has 2 saturated carbocycles. The first-order chi connectivity index (χ1) is 26.7. The molecule has 3 saturated heterocycles. The Labute approximate surface area is 319 Å². The molecular formula is C42H47N7O6. The second-order valence-electron chi connectivity index (χ2n) is 16.8. The largest absolute Gasteiger partial charge is 0.489 e. The summed E-state index contributed by atoms with van der Waals surface area (Å²) in [6.07, 6.45) is 13.7. The lowest BCUT2D eigenvalue weighted by molar-refractivity contribution is -0.152. The van der Waals surface area contributed by atoms with E-state index in [1.807, 2.05) is 11.1 Å². The fourth-order valence-corrected chi connectivity index (χ4v) is 9.87. The van der Waals surface area contributed by atoms with Crippen molar-refractivity contribution in [3.05, 3.63) is 65.0 Å². The number of amides is 5. The molecule has 0 radical (unpaired) electrons. The van der Waals surface area contributed by atoms with Crippen molar-refractivity contribution in [2.24, 2.45) is 5.92 Å². The summed E-state index contributed by atoms with van der Waals surface area (Å²) in [6, 6.07) is 9.97. The van der Waals surface area contributed by atoms with Gasteiger partial charge in [-0.2, -0.15) is 5.10 Å². The van der Waals surface area contributed by atoms with Crippen molar-refractivity contribution in [1.29, 1.82) is 0 Å². The fourth-order valence-electron chi connectivity index (χ4n) is 9.87. The van der Waals surface area contributed by atoms with Gasteiger partial charge in [0.25, 0.3) is 17.7 Å². The van der Waals surface area contributed by atoms with E-state index in [1.165, 1.54) is 6.42 Å². The number of imide groups is 2. The molecule has 7 aliphatic rings. The molecule has 5 amide bonds. The third-order valence-electron chi connectivity index (χ3n) is 13.5. The van der Waals surface area contributed by atoms with Crippen LogP contribution in [-0.2, 0) is 26.3 Å². The maximum absolute atomic E-state index is 13.7. The van der Waals surface area contributed by atoms with Crippen LogP contribution < -0.4 is 20.3 Å². The molecule has 2 atom stereocenters. The maximum atomic E-state index is 13.7. The van der Waals surface area contributed by atoms with Crippen molar-refractivity contribution in [3.8, 4) is 16.9 Å². The van der Waals surface area contributed by atoms with Gasteiger partial charge in [0.2, 0.25) is 11.8 Å². The number of piperidine rings is 2. The monoisotopic (exact) mass is 745 g/mol. The van der Waals surface area contributed by atoms with Gasteiger partial charge in [-0.15, -0.1) is 0 Å². The van der Waals surface area contributed by atoms with Gasteiger partial charge in [0.05, 0.1) is 35.2 Å². The van der Waals surface area contributed by atoms with Crippen LogP contribution in [0.1, 0.15) is 109 Å². The first-order valence-electron chi connectivity index (χ1n) is 20.2. The smallest absolute Gasteiger partial charge is 0.259 e. The minimum atomic E-state index is -1.21. The lowest BCUT2D eigenvalue weighted by atomic mass is 9.75. The molecule has 1 aromatic heterocycles.